The van der Waals surface area contributed by atoms with Crippen LogP contribution in [0.5, 0.6) is 11.5 Å². The summed E-state index contributed by atoms with van der Waals surface area (Å²) in [7, 11) is 3.79. The molecule has 2 bridgehead atoms. The predicted molar refractivity (Wildman–Crippen MR) is 116 cm³/mol. The highest BCUT2D eigenvalue weighted by Gasteiger charge is 2.66. The van der Waals surface area contributed by atoms with Crippen LogP contribution in [0, 0.1) is 5.92 Å². The van der Waals surface area contributed by atoms with E-state index in [9.17, 15) is 25.2 Å². The lowest BCUT2D eigenvalue weighted by Crippen LogP contribution is -2.67. The second kappa shape index (κ2) is 7.78. The largest absolute Gasteiger partial charge is 0.493 e. The number of ether oxygens (including phenoxy) is 4. The fraction of sp³-hybridized carbons (Fsp3) is 0.708. The number of benzene rings is 1. The van der Waals surface area contributed by atoms with Crippen LogP contribution in [0.1, 0.15) is 30.4 Å². The van der Waals surface area contributed by atoms with E-state index < -0.39 is 42.8 Å². The van der Waals surface area contributed by atoms with Gasteiger partial charge in [0.15, 0.2) is 23.9 Å². The smallest absolute Gasteiger partial charge is 0.335 e. The lowest BCUT2D eigenvalue weighted by atomic mass is 9.51. The molecule has 1 aromatic carbocycles. The van der Waals surface area contributed by atoms with Crippen molar-refractivity contribution in [2.45, 2.75) is 80.1 Å². The number of aliphatic hydroxyl groups excluding tert-OH is 3. The molecule has 0 radical (unpaired) electrons. The summed E-state index contributed by atoms with van der Waals surface area (Å²) >= 11 is 0. The maximum Gasteiger partial charge on any atom is 0.335 e. The molecule has 0 amide bonds. The molecule has 186 valence electrons. The molecule has 10 heteroatoms. The van der Waals surface area contributed by atoms with Gasteiger partial charge in [-0.05, 0) is 56.8 Å². The van der Waals surface area contributed by atoms with Crippen LogP contribution >= 0.6 is 0 Å². The Morgan fingerprint density at radius 3 is 2.71 bits per heavy atom. The Bertz CT molecular complexity index is 1000. The van der Waals surface area contributed by atoms with E-state index in [-0.39, 0.29) is 11.5 Å². The molecule has 5 unspecified atom stereocenters. The molecule has 5 aliphatic rings. The zero-order valence-electron chi connectivity index (χ0n) is 19.2. The number of likely N-dealkylation sites (N-methyl/N-ethyl adjacent to an activating group) is 1. The summed E-state index contributed by atoms with van der Waals surface area (Å²) in [5, 5.41) is 40.2. The first-order valence-electron chi connectivity index (χ1n) is 11.9. The Hall–Kier alpha value is -1.95. The van der Waals surface area contributed by atoms with E-state index in [1.807, 2.05) is 6.07 Å². The minimum atomic E-state index is -1.76. The van der Waals surface area contributed by atoms with Gasteiger partial charge in [0.25, 0.3) is 0 Å². The minimum absolute atomic E-state index is 0.276. The summed E-state index contributed by atoms with van der Waals surface area (Å²) in [6.45, 7) is 0.915. The van der Waals surface area contributed by atoms with Crippen molar-refractivity contribution < 1.29 is 44.2 Å². The first-order valence-corrected chi connectivity index (χ1v) is 11.9. The standard InChI is InChI=1S/C24H31NO9/c1-25-8-7-24-11-4-6-14(32-23-18(28)16(26)17(27)20(34-23)22(29)30)21(24)33-19-13(31-2)5-3-10(15(19)24)9-12(11)25/h3,5,11-12,14,16-18,20-21,23,26-28H,4,6-9H2,1-2H3,(H,29,30)/t11?,12?,14?,16-,17-,18+,20-,21?,23+,24?/m0/s1. The molecule has 1 aromatic rings. The van der Waals surface area contributed by atoms with Crippen LogP contribution in [0.4, 0.5) is 0 Å². The van der Waals surface area contributed by atoms with Gasteiger partial charge in [0.1, 0.15) is 24.4 Å². The van der Waals surface area contributed by atoms with E-state index >= 15 is 0 Å². The van der Waals surface area contributed by atoms with E-state index in [0.717, 1.165) is 31.6 Å². The lowest BCUT2D eigenvalue weighted by Gasteiger charge is -2.59. The van der Waals surface area contributed by atoms with Gasteiger partial charge >= 0.3 is 5.97 Å². The molecule has 0 aromatic heterocycles. The van der Waals surface area contributed by atoms with Crippen molar-refractivity contribution in [3.05, 3.63) is 23.3 Å². The average Bonchev–Trinajstić information content (AvgIpc) is 3.17. The van der Waals surface area contributed by atoms with Gasteiger partial charge in [-0.15, -0.1) is 0 Å². The van der Waals surface area contributed by atoms with E-state index in [2.05, 4.69) is 18.0 Å². The maximum absolute atomic E-state index is 11.5. The van der Waals surface area contributed by atoms with Crippen molar-refractivity contribution in [2.75, 3.05) is 20.7 Å². The fourth-order valence-electron chi connectivity index (χ4n) is 7.32. The lowest BCUT2D eigenvalue weighted by molar-refractivity contribution is -0.315. The minimum Gasteiger partial charge on any atom is -0.493 e. The molecule has 34 heavy (non-hydrogen) atoms. The van der Waals surface area contributed by atoms with Crippen LogP contribution in [0.3, 0.4) is 0 Å². The van der Waals surface area contributed by atoms with Gasteiger partial charge in [0.05, 0.1) is 13.2 Å². The SMILES string of the molecule is COc1ccc2c3c1OC1C(O[C@@H]4O[C@H](C(=O)O)[C@@H](O)[C@H](O)[C@H]4O)CCC4C(C2)N(C)CCC341. The molecular formula is C24H31NO9. The Balaban J connectivity index is 1.37. The highest BCUT2D eigenvalue weighted by Crippen LogP contribution is 2.64. The van der Waals surface area contributed by atoms with Crippen LogP contribution in [0.2, 0.25) is 0 Å². The van der Waals surface area contributed by atoms with Gasteiger partial charge in [-0.25, -0.2) is 4.79 Å². The number of nitrogens with zero attached hydrogens (tertiary/aromatic N) is 1. The maximum atomic E-state index is 11.5. The second-order valence-corrected chi connectivity index (χ2v) is 10.3. The normalized spacial score (nSPS) is 44.8. The van der Waals surface area contributed by atoms with E-state index in [1.54, 1.807) is 7.11 Å². The first kappa shape index (κ1) is 22.5. The Morgan fingerprint density at radius 1 is 1.18 bits per heavy atom. The number of carboxylic acids is 1. The molecule has 2 saturated heterocycles. The molecule has 10 nitrogen and oxygen atoms in total. The second-order valence-electron chi connectivity index (χ2n) is 10.3. The number of aliphatic hydroxyl groups is 3. The van der Waals surface area contributed by atoms with Crippen molar-refractivity contribution in [1.29, 1.82) is 0 Å². The molecular weight excluding hydrogens is 446 g/mol. The summed E-state index contributed by atoms with van der Waals surface area (Å²) in [5.41, 5.74) is 2.18. The zero-order valence-corrected chi connectivity index (χ0v) is 19.2. The number of likely N-dealkylation sites (tertiary alicyclic amines) is 1. The van der Waals surface area contributed by atoms with Gasteiger partial charge in [-0.3, -0.25) is 0 Å². The summed E-state index contributed by atoms with van der Waals surface area (Å²) in [4.78, 5) is 14.0. The molecule has 10 atom stereocenters. The van der Waals surface area contributed by atoms with Crippen molar-refractivity contribution in [2.24, 2.45) is 5.92 Å². The molecule has 4 N–H and O–H groups in total. The van der Waals surface area contributed by atoms with Gasteiger partial charge in [0, 0.05) is 17.0 Å². The van der Waals surface area contributed by atoms with Gasteiger partial charge in [0.2, 0.25) is 0 Å². The third-order valence-electron chi connectivity index (χ3n) is 8.87. The highest BCUT2D eigenvalue weighted by atomic mass is 16.7. The van der Waals surface area contributed by atoms with E-state index in [0.29, 0.717) is 24.1 Å². The predicted octanol–water partition coefficient (Wildman–Crippen LogP) is -0.358. The highest BCUT2D eigenvalue weighted by molar-refractivity contribution is 5.73. The number of rotatable bonds is 4. The van der Waals surface area contributed by atoms with Gasteiger partial charge in [-0.2, -0.15) is 0 Å². The quantitative estimate of drug-likeness (QED) is 0.455. The van der Waals surface area contributed by atoms with Crippen molar-refractivity contribution in [3.8, 4) is 11.5 Å². The number of carbonyl (C=O) groups is 1. The van der Waals surface area contributed by atoms with Crippen LogP contribution in [-0.2, 0) is 26.1 Å². The molecule has 3 heterocycles. The molecule has 3 fully saturated rings. The number of piperidine rings is 1. The van der Waals surface area contributed by atoms with Gasteiger partial charge < -0.3 is 44.3 Å². The van der Waals surface area contributed by atoms with Crippen molar-refractivity contribution in [1.82, 2.24) is 4.90 Å². The van der Waals surface area contributed by atoms with Gasteiger partial charge in [-0.1, -0.05) is 6.07 Å². The average molecular weight is 478 g/mol. The Kier molecular flexibility index (Phi) is 5.15. The van der Waals surface area contributed by atoms with Crippen LogP contribution in [0.25, 0.3) is 0 Å². The van der Waals surface area contributed by atoms with Crippen LogP contribution in [0.15, 0.2) is 12.1 Å². The number of hydrogen-bond donors (Lipinski definition) is 4. The summed E-state index contributed by atoms with van der Waals surface area (Å²) in [6, 6.07) is 4.45. The molecule has 1 saturated carbocycles. The monoisotopic (exact) mass is 477 g/mol. The molecule has 1 spiro atoms. The summed E-state index contributed by atoms with van der Waals surface area (Å²) in [6.07, 6.45) is -5.67. The number of carboxylic acid groups (broad SMARTS) is 1. The van der Waals surface area contributed by atoms with E-state index in [1.165, 1.54) is 11.1 Å². The molecule has 2 aliphatic carbocycles. The third kappa shape index (κ3) is 2.87. The van der Waals surface area contributed by atoms with Crippen LogP contribution in [-0.4, -0.2) is 101 Å². The number of hydrogen-bond acceptors (Lipinski definition) is 9. The van der Waals surface area contributed by atoms with E-state index in [4.69, 9.17) is 18.9 Å². The summed E-state index contributed by atoms with van der Waals surface area (Å²) in [5.74, 6) is 0.361. The zero-order chi connectivity index (χ0) is 23.9. The fourth-order valence-corrected chi connectivity index (χ4v) is 7.32. The summed E-state index contributed by atoms with van der Waals surface area (Å²) < 4.78 is 23.9. The van der Waals surface area contributed by atoms with Crippen molar-refractivity contribution in [3.63, 3.8) is 0 Å². The first-order chi connectivity index (χ1) is 16.3. The topological polar surface area (TPSA) is 138 Å². The number of aliphatic carboxylic acids is 1. The Labute approximate surface area is 197 Å². The van der Waals surface area contributed by atoms with Crippen LogP contribution < -0.4 is 9.47 Å². The number of methoxy groups -OCH3 is 1. The Morgan fingerprint density at radius 2 is 1.97 bits per heavy atom. The molecule has 3 aliphatic heterocycles. The third-order valence-corrected chi connectivity index (χ3v) is 8.87. The molecule has 6 rings (SSSR count). The van der Waals surface area contributed by atoms with Crippen molar-refractivity contribution >= 4 is 5.97 Å².